The highest BCUT2D eigenvalue weighted by Crippen LogP contribution is 2.25. The lowest BCUT2D eigenvalue weighted by Crippen LogP contribution is -2.07. The van der Waals surface area contributed by atoms with Gasteiger partial charge >= 0.3 is 11.9 Å². The van der Waals surface area contributed by atoms with E-state index >= 15 is 0 Å². The van der Waals surface area contributed by atoms with Crippen LogP contribution >= 0.6 is 0 Å². The van der Waals surface area contributed by atoms with Gasteiger partial charge in [0.15, 0.2) is 0 Å². The van der Waals surface area contributed by atoms with Crippen molar-refractivity contribution in [3.8, 4) is 22.6 Å². The van der Waals surface area contributed by atoms with Gasteiger partial charge in [0.05, 0.1) is 13.1 Å². The Hall–Kier alpha value is -3.86. The second-order valence-corrected chi connectivity index (χ2v) is 7.56. The van der Waals surface area contributed by atoms with Crippen LogP contribution in [-0.2, 0) is 19.2 Å². The van der Waals surface area contributed by atoms with Crippen molar-refractivity contribution in [2.75, 3.05) is 13.1 Å². The standard InChI is InChI=1S/C26H28N2O6/c29-19-27-17-5-1-3-7-25(31)33-23-13-9-21(10-14-23)22-11-15-24(16-12-22)34-26(32)8-4-2-6-18-28-20-30/h9-16H,1-8,17-18H2. The first-order valence-electron chi connectivity index (χ1n) is 11.3. The zero-order valence-corrected chi connectivity index (χ0v) is 19.0. The van der Waals surface area contributed by atoms with Gasteiger partial charge in [-0.3, -0.25) is 9.59 Å². The van der Waals surface area contributed by atoms with Crippen LogP contribution in [0.25, 0.3) is 11.1 Å². The Morgan fingerprint density at radius 1 is 0.588 bits per heavy atom. The molecule has 0 spiro atoms. The summed E-state index contributed by atoms with van der Waals surface area (Å²) >= 11 is 0. The molecule has 0 unspecified atom stereocenters. The van der Waals surface area contributed by atoms with Crippen molar-refractivity contribution < 1.29 is 28.7 Å². The highest BCUT2D eigenvalue weighted by Gasteiger charge is 2.07. The maximum Gasteiger partial charge on any atom is 0.311 e. The molecule has 0 saturated heterocycles. The van der Waals surface area contributed by atoms with Crippen LogP contribution < -0.4 is 9.47 Å². The van der Waals surface area contributed by atoms with E-state index in [9.17, 15) is 19.2 Å². The van der Waals surface area contributed by atoms with E-state index in [-0.39, 0.29) is 11.9 Å². The average molecular weight is 465 g/mol. The summed E-state index contributed by atoms with van der Waals surface area (Å²) in [6, 6.07) is 14.4. The fourth-order valence-electron chi connectivity index (χ4n) is 3.16. The second-order valence-electron chi connectivity index (χ2n) is 7.56. The largest absolute Gasteiger partial charge is 0.427 e. The molecule has 0 fully saturated rings. The van der Waals surface area contributed by atoms with E-state index < -0.39 is 0 Å². The van der Waals surface area contributed by atoms with Crippen LogP contribution in [0, 0.1) is 0 Å². The van der Waals surface area contributed by atoms with Crippen LogP contribution in [0.3, 0.4) is 0 Å². The van der Waals surface area contributed by atoms with E-state index in [2.05, 4.69) is 9.98 Å². The Morgan fingerprint density at radius 2 is 0.971 bits per heavy atom. The molecule has 2 aromatic rings. The Bertz CT molecular complexity index is 921. The minimum atomic E-state index is -0.299. The number of hydrogen-bond donors (Lipinski definition) is 0. The normalized spacial score (nSPS) is 10.0. The third-order valence-electron chi connectivity index (χ3n) is 4.94. The summed E-state index contributed by atoms with van der Waals surface area (Å²) in [6.07, 6.45) is 8.03. The highest BCUT2D eigenvalue weighted by atomic mass is 16.5. The first-order chi connectivity index (χ1) is 16.6. The molecule has 0 N–H and O–H groups in total. The molecule has 0 aliphatic rings. The number of unbranched alkanes of at least 4 members (excludes halogenated alkanes) is 4. The molecule has 2 aromatic carbocycles. The summed E-state index contributed by atoms with van der Waals surface area (Å²) in [7, 11) is 0. The number of carbonyl (C=O) groups is 2. The lowest BCUT2D eigenvalue weighted by Gasteiger charge is -2.08. The first kappa shape index (κ1) is 26.4. The van der Waals surface area contributed by atoms with E-state index in [4.69, 9.17) is 9.47 Å². The van der Waals surface area contributed by atoms with Crippen molar-refractivity contribution in [3.05, 3.63) is 48.5 Å². The van der Waals surface area contributed by atoms with Gasteiger partial charge in [-0.15, -0.1) is 0 Å². The molecule has 0 aliphatic carbocycles. The Labute approximate surface area is 198 Å². The number of benzene rings is 2. The quantitative estimate of drug-likeness (QED) is 0.121. The molecule has 0 aromatic heterocycles. The number of isocyanates is 2. The Balaban J connectivity index is 1.74. The fourth-order valence-corrected chi connectivity index (χ4v) is 3.16. The molecule has 0 amide bonds. The number of ether oxygens (including phenoxy) is 2. The molecule has 34 heavy (non-hydrogen) atoms. The van der Waals surface area contributed by atoms with Gasteiger partial charge in [0.2, 0.25) is 12.2 Å². The van der Waals surface area contributed by atoms with Crippen molar-refractivity contribution in [1.29, 1.82) is 0 Å². The predicted octanol–water partition coefficient (Wildman–Crippen LogP) is 4.96. The van der Waals surface area contributed by atoms with E-state index in [0.29, 0.717) is 50.3 Å². The maximum atomic E-state index is 11.9. The van der Waals surface area contributed by atoms with Gasteiger partial charge in [0.1, 0.15) is 11.5 Å². The number of carbonyl (C=O) groups excluding carboxylic acids is 4. The zero-order valence-electron chi connectivity index (χ0n) is 19.0. The van der Waals surface area contributed by atoms with E-state index in [1.54, 1.807) is 24.3 Å². The minimum Gasteiger partial charge on any atom is -0.427 e. The van der Waals surface area contributed by atoms with Crippen LogP contribution in [0.5, 0.6) is 11.5 Å². The molecule has 178 valence electrons. The average Bonchev–Trinajstić information content (AvgIpc) is 2.84. The predicted molar refractivity (Wildman–Crippen MR) is 126 cm³/mol. The summed E-state index contributed by atoms with van der Waals surface area (Å²) in [4.78, 5) is 50.8. The Morgan fingerprint density at radius 3 is 1.32 bits per heavy atom. The van der Waals surface area contributed by atoms with Gasteiger partial charge in [-0.1, -0.05) is 37.1 Å². The van der Waals surface area contributed by atoms with Crippen LogP contribution in [0.2, 0.25) is 0 Å². The van der Waals surface area contributed by atoms with Gasteiger partial charge in [-0.2, -0.15) is 0 Å². The zero-order chi connectivity index (χ0) is 24.4. The lowest BCUT2D eigenvalue weighted by molar-refractivity contribution is -0.135. The molecule has 0 aliphatic heterocycles. The summed E-state index contributed by atoms with van der Waals surface area (Å²) < 4.78 is 10.7. The molecular weight excluding hydrogens is 436 g/mol. The molecule has 0 atom stereocenters. The topological polar surface area (TPSA) is 111 Å². The van der Waals surface area contributed by atoms with E-state index in [1.807, 2.05) is 24.3 Å². The van der Waals surface area contributed by atoms with Crippen LogP contribution in [0.15, 0.2) is 58.5 Å². The number of hydrogen-bond acceptors (Lipinski definition) is 8. The molecule has 0 bridgehead atoms. The molecule has 8 nitrogen and oxygen atoms in total. The van der Waals surface area contributed by atoms with Gasteiger partial charge < -0.3 is 9.47 Å². The summed E-state index contributed by atoms with van der Waals surface area (Å²) in [6.45, 7) is 0.869. The molecule has 0 heterocycles. The van der Waals surface area contributed by atoms with Crippen molar-refractivity contribution in [1.82, 2.24) is 0 Å². The summed E-state index contributed by atoms with van der Waals surface area (Å²) in [5, 5.41) is 0. The Kier molecular flexibility index (Phi) is 12.3. The fraction of sp³-hybridized carbons (Fsp3) is 0.385. The van der Waals surface area contributed by atoms with Gasteiger partial charge in [0, 0.05) is 12.8 Å². The van der Waals surface area contributed by atoms with Crippen molar-refractivity contribution >= 4 is 24.1 Å². The number of esters is 2. The highest BCUT2D eigenvalue weighted by molar-refractivity contribution is 5.74. The van der Waals surface area contributed by atoms with E-state index in [1.165, 1.54) is 12.2 Å². The first-order valence-corrected chi connectivity index (χ1v) is 11.3. The smallest absolute Gasteiger partial charge is 0.311 e. The van der Waals surface area contributed by atoms with Crippen molar-refractivity contribution in [3.63, 3.8) is 0 Å². The molecule has 8 heteroatoms. The van der Waals surface area contributed by atoms with Crippen LogP contribution in [0.4, 0.5) is 0 Å². The minimum absolute atomic E-state index is 0.299. The van der Waals surface area contributed by atoms with Gasteiger partial charge in [0.25, 0.3) is 0 Å². The molecular formula is C26H28N2O6. The number of aliphatic imine (C=N–C) groups is 2. The summed E-state index contributed by atoms with van der Waals surface area (Å²) in [5.41, 5.74) is 1.87. The van der Waals surface area contributed by atoms with Crippen LogP contribution in [-0.4, -0.2) is 37.2 Å². The number of rotatable bonds is 15. The second kappa shape index (κ2) is 15.9. The van der Waals surface area contributed by atoms with Crippen LogP contribution in [0.1, 0.15) is 51.4 Å². The summed E-state index contributed by atoms with van der Waals surface area (Å²) in [5.74, 6) is 0.352. The van der Waals surface area contributed by atoms with Gasteiger partial charge in [-0.05, 0) is 61.1 Å². The number of nitrogens with zero attached hydrogens (tertiary/aromatic N) is 2. The third-order valence-corrected chi connectivity index (χ3v) is 4.94. The molecule has 0 saturated carbocycles. The van der Waals surface area contributed by atoms with Gasteiger partial charge in [-0.25, -0.2) is 19.6 Å². The molecule has 0 radical (unpaired) electrons. The maximum absolute atomic E-state index is 11.9. The van der Waals surface area contributed by atoms with E-state index in [0.717, 1.165) is 36.8 Å². The molecule has 2 rings (SSSR count). The van der Waals surface area contributed by atoms with Crippen molar-refractivity contribution in [2.24, 2.45) is 9.98 Å². The van der Waals surface area contributed by atoms with Crippen molar-refractivity contribution in [2.45, 2.75) is 51.4 Å². The third kappa shape index (κ3) is 10.6. The SMILES string of the molecule is O=C=NCCCCCC(=O)Oc1ccc(-c2ccc(OC(=O)CCCCCN=C=O)cc2)cc1. The lowest BCUT2D eigenvalue weighted by atomic mass is 10.1. The monoisotopic (exact) mass is 464 g/mol.